The predicted molar refractivity (Wildman–Crippen MR) is 80.8 cm³/mol. The SMILES string of the molecule is O=C(CC1(O)CCCC1)NCCOc1ncc(Cl)cc1Cl. The predicted octanol–water partition coefficient (Wildman–Crippen LogP) is 2.58. The number of ether oxygens (including phenoxy) is 1. The van der Waals surface area contributed by atoms with Gasteiger partial charge in [0.05, 0.1) is 23.6 Å². The first-order valence-electron chi connectivity index (χ1n) is 6.91. The molecule has 1 saturated carbocycles. The van der Waals surface area contributed by atoms with Crippen LogP contribution < -0.4 is 10.1 Å². The molecule has 1 fully saturated rings. The average molecular weight is 333 g/mol. The van der Waals surface area contributed by atoms with Crippen LogP contribution in [0.3, 0.4) is 0 Å². The summed E-state index contributed by atoms with van der Waals surface area (Å²) in [5, 5.41) is 13.6. The smallest absolute Gasteiger partial charge is 0.232 e. The molecular weight excluding hydrogens is 315 g/mol. The Labute approximate surface area is 133 Å². The molecule has 5 nitrogen and oxygen atoms in total. The minimum atomic E-state index is -0.827. The molecule has 1 aliphatic rings. The summed E-state index contributed by atoms with van der Waals surface area (Å²) in [5.74, 6) is 0.114. The van der Waals surface area contributed by atoms with Crippen LogP contribution in [0.4, 0.5) is 0 Å². The van der Waals surface area contributed by atoms with E-state index in [-0.39, 0.29) is 24.8 Å². The summed E-state index contributed by atoms with van der Waals surface area (Å²) in [6, 6.07) is 1.54. The Kier molecular flexibility index (Phi) is 5.67. The highest BCUT2D eigenvalue weighted by Crippen LogP contribution is 2.32. The average Bonchev–Trinajstić information content (AvgIpc) is 2.83. The Morgan fingerprint density at radius 2 is 2.14 bits per heavy atom. The summed E-state index contributed by atoms with van der Waals surface area (Å²) in [4.78, 5) is 15.7. The van der Waals surface area contributed by atoms with E-state index in [1.807, 2.05) is 0 Å². The first-order valence-corrected chi connectivity index (χ1v) is 7.67. The molecule has 1 aromatic rings. The quantitative estimate of drug-likeness (QED) is 0.785. The Morgan fingerprint density at radius 3 is 2.81 bits per heavy atom. The summed E-state index contributed by atoms with van der Waals surface area (Å²) < 4.78 is 5.36. The highest BCUT2D eigenvalue weighted by atomic mass is 35.5. The molecule has 0 radical (unpaired) electrons. The lowest BCUT2D eigenvalue weighted by Crippen LogP contribution is -2.36. The van der Waals surface area contributed by atoms with Crippen LogP contribution in [-0.4, -0.2) is 34.8 Å². The molecule has 0 unspecified atom stereocenters. The number of carbonyl (C=O) groups is 1. The first kappa shape index (κ1) is 16.3. The van der Waals surface area contributed by atoms with E-state index in [1.54, 1.807) is 6.07 Å². The Bertz CT molecular complexity index is 505. The van der Waals surface area contributed by atoms with Gasteiger partial charge in [0.15, 0.2) is 0 Å². The number of rotatable bonds is 6. The van der Waals surface area contributed by atoms with Gasteiger partial charge >= 0.3 is 0 Å². The van der Waals surface area contributed by atoms with Crippen molar-refractivity contribution in [1.82, 2.24) is 10.3 Å². The van der Waals surface area contributed by atoms with E-state index >= 15 is 0 Å². The van der Waals surface area contributed by atoms with Crippen molar-refractivity contribution in [2.24, 2.45) is 0 Å². The number of hydrogen-bond acceptors (Lipinski definition) is 4. The van der Waals surface area contributed by atoms with Crippen molar-refractivity contribution in [3.63, 3.8) is 0 Å². The highest BCUT2D eigenvalue weighted by molar-refractivity contribution is 6.35. The third-order valence-electron chi connectivity index (χ3n) is 3.46. The van der Waals surface area contributed by atoms with Gasteiger partial charge in [-0.25, -0.2) is 4.98 Å². The summed E-state index contributed by atoms with van der Waals surface area (Å²) in [6.45, 7) is 0.577. The lowest BCUT2D eigenvalue weighted by molar-refractivity contribution is -0.126. The highest BCUT2D eigenvalue weighted by Gasteiger charge is 2.33. The van der Waals surface area contributed by atoms with Crippen LogP contribution in [0.5, 0.6) is 5.88 Å². The van der Waals surface area contributed by atoms with Crippen LogP contribution in [0.1, 0.15) is 32.1 Å². The number of hydrogen-bond donors (Lipinski definition) is 2. The maximum Gasteiger partial charge on any atom is 0.232 e. The Balaban J connectivity index is 1.68. The van der Waals surface area contributed by atoms with Crippen molar-refractivity contribution < 1.29 is 14.6 Å². The van der Waals surface area contributed by atoms with Crippen LogP contribution in [0, 0.1) is 0 Å². The van der Waals surface area contributed by atoms with Gasteiger partial charge in [-0.15, -0.1) is 0 Å². The van der Waals surface area contributed by atoms with Crippen molar-refractivity contribution in [1.29, 1.82) is 0 Å². The van der Waals surface area contributed by atoms with Gasteiger partial charge in [-0.1, -0.05) is 36.0 Å². The third-order valence-corrected chi connectivity index (χ3v) is 3.94. The molecular formula is C14H18Cl2N2O3. The van der Waals surface area contributed by atoms with Crippen LogP contribution >= 0.6 is 23.2 Å². The molecule has 21 heavy (non-hydrogen) atoms. The number of amides is 1. The number of aromatic nitrogens is 1. The van der Waals surface area contributed by atoms with Crippen molar-refractivity contribution in [2.45, 2.75) is 37.7 Å². The minimum Gasteiger partial charge on any atom is -0.475 e. The molecule has 116 valence electrons. The fraction of sp³-hybridized carbons (Fsp3) is 0.571. The minimum absolute atomic E-state index is 0.146. The fourth-order valence-corrected chi connectivity index (χ4v) is 2.85. The number of carbonyl (C=O) groups excluding carboxylic acids is 1. The zero-order chi connectivity index (χ0) is 15.3. The maximum absolute atomic E-state index is 11.7. The standard InChI is InChI=1S/C14H18Cl2N2O3/c15-10-7-11(16)13(18-9-10)21-6-5-17-12(19)8-14(20)3-1-2-4-14/h7,9,20H,1-6,8H2,(H,17,19). The van der Waals surface area contributed by atoms with Crippen LogP contribution in [0.15, 0.2) is 12.3 Å². The number of halogens is 2. The third kappa shape index (κ3) is 5.02. The topological polar surface area (TPSA) is 71.5 Å². The van der Waals surface area contributed by atoms with Crippen molar-refractivity contribution in [2.75, 3.05) is 13.2 Å². The fourth-order valence-electron chi connectivity index (χ4n) is 2.42. The molecule has 1 aliphatic carbocycles. The van der Waals surface area contributed by atoms with Gasteiger partial charge < -0.3 is 15.2 Å². The second kappa shape index (κ2) is 7.29. The van der Waals surface area contributed by atoms with Crippen LogP contribution in [0.2, 0.25) is 10.0 Å². The van der Waals surface area contributed by atoms with Gasteiger partial charge in [0.2, 0.25) is 11.8 Å². The molecule has 0 atom stereocenters. The van der Waals surface area contributed by atoms with Gasteiger partial charge in [0, 0.05) is 6.20 Å². The Hall–Kier alpha value is -1.04. The molecule has 0 aliphatic heterocycles. The zero-order valence-corrected chi connectivity index (χ0v) is 13.1. The van der Waals surface area contributed by atoms with Crippen LogP contribution in [0.25, 0.3) is 0 Å². The zero-order valence-electron chi connectivity index (χ0n) is 11.6. The van der Waals surface area contributed by atoms with Crippen molar-refractivity contribution in [3.05, 3.63) is 22.3 Å². The molecule has 2 rings (SSSR count). The van der Waals surface area contributed by atoms with Gasteiger partial charge in [-0.2, -0.15) is 0 Å². The second-order valence-electron chi connectivity index (χ2n) is 5.25. The van der Waals surface area contributed by atoms with E-state index in [0.717, 1.165) is 12.8 Å². The second-order valence-corrected chi connectivity index (χ2v) is 6.09. The van der Waals surface area contributed by atoms with E-state index < -0.39 is 5.60 Å². The molecule has 7 heteroatoms. The summed E-state index contributed by atoms with van der Waals surface area (Å²) in [7, 11) is 0. The lowest BCUT2D eigenvalue weighted by atomic mass is 9.98. The normalized spacial score (nSPS) is 16.7. The van der Waals surface area contributed by atoms with Crippen molar-refractivity contribution >= 4 is 29.1 Å². The molecule has 0 spiro atoms. The Morgan fingerprint density at radius 1 is 1.43 bits per heavy atom. The van der Waals surface area contributed by atoms with E-state index in [9.17, 15) is 9.90 Å². The number of pyridine rings is 1. The van der Waals surface area contributed by atoms with E-state index in [0.29, 0.717) is 29.4 Å². The van der Waals surface area contributed by atoms with Gasteiger partial charge in [-0.3, -0.25) is 4.79 Å². The summed E-state index contributed by atoms with van der Waals surface area (Å²) in [6.07, 6.45) is 4.94. The number of nitrogens with one attached hydrogen (secondary N) is 1. The van der Waals surface area contributed by atoms with Gasteiger partial charge in [-0.05, 0) is 18.9 Å². The van der Waals surface area contributed by atoms with Gasteiger partial charge in [0.1, 0.15) is 11.6 Å². The molecule has 2 N–H and O–H groups in total. The van der Waals surface area contributed by atoms with E-state index in [1.165, 1.54) is 6.20 Å². The number of aliphatic hydroxyl groups is 1. The first-order chi connectivity index (χ1) is 9.98. The molecule has 1 amide bonds. The molecule has 1 heterocycles. The lowest BCUT2D eigenvalue weighted by Gasteiger charge is -2.21. The molecule has 0 saturated heterocycles. The maximum atomic E-state index is 11.7. The molecule has 1 aromatic heterocycles. The summed E-state index contributed by atoms with van der Waals surface area (Å²) >= 11 is 11.6. The molecule has 0 bridgehead atoms. The largest absolute Gasteiger partial charge is 0.475 e. The van der Waals surface area contributed by atoms with E-state index in [4.69, 9.17) is 27.9 Å². The van der Waals surface area contributed by atoms with Gasteiger partial charge in [0.25, 0.3) is 0 Å². The summed E-state index contributed by atoms with van der Waals surface area (Å²) in [5.41, 5.74) is -0.827. The van der Waals surface area contributed by atoms with E-state index in [2.05, 4.69) is 10.3 Å². The molecule has 0 aromatic carbocycles. The van der Waals surface area contributed by atoms with Crippen molar-refractivity contribution in [3.8, 4) is 5.88 Å². The van der Waals surface area contributed by atoms with Crippen LogP contribution in [-0.2, 0) is 4.79 Å². The number of nitrogens with zero attached hydrogens (tertiary/aromatic N) is 1. The monoisotopic (exact) mass is 332 g/mol.